The van der Waals surface area contributed by atoms with E-state index in [0.717, 1.165) is 24.5 Å². The Bertz CT molecular complexity index is 372. The first-order valence-corrected chi connectivity index (χ1v) is 6.91. The average Bonchev–Trinajstić information content (AvgIpc) is 2.24. The molecule has 0 saturated heterocycles. The zero-order valence-corrected chi connectivity index (χ0v) is 12.8. The van der Waals surface area contributed by atoms with Gasteiger partial charge in [-0.15, -0.1) is 11.6 Å². The molecule has 0 aliphatic rings. The Labute approximate surface area is 115 Å². The fraction of sp³-hybridized carbons (Fsp3) is 0.714. The van der Waals surface area contributed by atoms with Gasteiger partial charge in [0.2, 0.25) is 0 Å². The average molecular weight is 270 g/mol. The van der Waals surface area contributed by atoms with Crippen LogP contribution in [-0.4, -0.2) is 21.9 Å². The van der Waals surface area contributed by atoms with E-state index in [4.69, 9.17) is 11.6 Å². The highest BCUT2D eigenvalue weighted by atomic mass is 35.5. The van der Waals surface area contributed by atoms with Crippen molar-refractivity contribution >= 4 is 17.4 Å². The molecule has 1 atom stereocenters. The number of hydrogen-bond donors (Lipinski definition) is 1. The molecule has 0 bridgehead atoms. The van der Waals surface area contributed by atoms with Crippen LogP contribution in [0.2, 0.25) is 0 Å². The molecular weight excluding hydrogens is 246 g/mol. The standard InChI is InChI=1S/C14H24ClN3/c1-10(2)12-6-13(18-9-17-12)16-8-11(15)7-14(3,4)5/h6,9-11H,7-8H2,1-5H3,(H,16,17,18). The van der Waals surface area contributed by atoms with Gasteiger partial charge in [-0.05, 0) is 17.8 Å². The van der Waals surface area contributed by atoms with Crippen LogP contribution in [0.1, 0.15) is 52.7 Å². The number of halogens is 1. The van der Waals surface area contributed by atoms with Crippen LogP contribution in [0.5, 0.6) is 0 Å². The third-order valence-corrected chi connectivity index (χ3v) is 2.93. The maximum absolute atomic E-state index is 6.31. The summed E-state index contributed by atoms with van der Waals surface area (Å²) in [6.07, 6.45) is 2.58. The second kappa shape index (κ2) is 6.37. The van der Waals surface area contributed by atoms with Crippen LogP contribution in [-0.2, 0) is 0 Å². The van der Waals surface area contributed by atoms with Gasteiger partial charge < -0.3 is 5.32 Å². The number of rotatable bonds is 5. The Morgan fingerprint density at radius 1 is 1.28 bits per heavy atom. The summed E-state index contributed by atoms with van der Waals surface area (Å²) in [5, 5.41) is 3.39. The zero-order chi connectivity index (χ0) is 13.8. The first-order chi connectivity index (χ1) is 8.28. The van der Waals surface area contributed by atoms with Crippen molar-refractivity contribution in [3.8, 4) is 0 Å². The van der Waals surface area contributed by atoms with Gasteiger partial charge in [0, 0.05) is 18.3 Å². The van der Waals surface area contributed by atoms with E-state index in [0.29, 0.717) is 5.92 Å². The van der Waals surface area contributed by atoms with Crippen molar-refractivity contribution in [2.24, 2.45) is 5.41 Å². The number of anilines is 1. The van der Waals surface area contributed by atoms with Gasteiger partial charge in [-0.3, -0.25) is 0 Å². The van der Waals surface area contributed by atoms with Crippen LogP contribution >= 0.6 is 11.6 Å². The minimum atomic E-state index is 0.113. The Balaban J connectivity index is 2.51. The van der Waals surface area contributed by atoms with E-state index in [1.165, 1.54) is 0 Å². The third kappa shape index (κ3) is 5.67. The summed E-state index contributed by atoms with van der Waals surface area (Å²) in [4.78, 5) is 8.45. The summed E-state index contributed by atoms with van der Waals surface area (Å²) in [6.45, 7) is 11.6. The van der Waals surface area contributed by atoms with E-state index in [1.54, 1.807) is 6.33 Å². The van der Waals surface area contributed by atoms with E-state index in [9.17, 15) is 0 Å². The highest BCUT2D eigenvalue weighted by Crippen LogP contribution is 2.23. The van der Waals surface area contributed by atoms with Gasteiger partial charge in [-0.25, -0.2) is 9.97 Å². The van der Waals surface area contributed by atoms with Crippen molar-refractivity contribution < 1.29 is 0 Å². The predicted molar refractivity (Wildman–Crippen MR) is 78.3 cm³/mol. The fourth-order valence-corrected chi connectivity index (χ4v) is 2.28. The minimum Gasteiger partial charge on any atom is -0.368 e. The topological polar surface area (TPSA) is 37.8 Å². The predicted octanol–water partition coefficient (Wildman–Crippen LogP) is 4.06. The second-order valence-corrected chi connectivity index (χ2v) is 6.84. The van der Waals surface area contributed by atoms with Crippen LogP contribution in [0.25, 0.3) is 0 Å². The lowest BCUT2D eigenvalue weighted by molar-refractivity contribution is 0.373. The van der Waals surface area contributed by atoms with Gasteiger partial charge in [-0.2, -0.15) is 0 Å². The van der Waals surface area contributed by atoms with E-state index >= 15 is 0 Å². The van der Waals surface area contributed by atoms with Crippen molar-refractivity contribution in [1.29, 1.82) is 0 Å². The van der Waals surface area contributed by atoms with Gasteiger partial charge in [0.25, 0.3) is 0 Å². The number of nitrogens with zero attached hydrogens (tertiary/aromatic N) is 2. The summed E-state index contributed by atoms with van der Waals surface area (Å²) >= 11 is 6.31. The monoisotopic (exact) mass is 269 g/mol. The molecule has 4 heteroatoms. The van der Waals surface area contributed by atoms with Gasteiger partial charge >= 0.3 is 0 Å². The number of aromatic nitrogens is 2. The fourth-order valence-electron chi connectivity index (χ4n) is 1.74. The molecular formula is C14H24ClN3. The molecule has 1 unspecified atom stereocenters. The summed E-state index contributed by atoms with van der Waals surface area (Å²) < 4.78 is 0. The first kappa shape index (κ1) is 15.2. The maximum atomic E-state index is 6.31. The van der Waals surface area contributed by atoms with Gasteiger partial charge in [0.15, 0.2) is 0 Å². The third-order valence-electron chi connectivity index (χ3n) is 2.62. The number of hydrogen-bond acceptors (Lipinski definition) is 3. The normalized spacial score (nSPS) is 13.7. The molecule has 0 saturated carbocycles. The molecule has 0 fully saturated rings. The highest BCUT2D eigenvalue weighted by molar-refractivity contribution is 6.20. The SMILES string of the molecule is CC(C)c1cc(NCC(Cl)CC(C)(C)C)ncn1. The van der Waals surface area contributed by atoms with E-state index in [1.807, 2.05) is 6.07 Å². The molecule has 0 amide bonds. The van der Waals surface area contributed by atoms with Crippen molar-refractivity contribution in [2.45, 2.75) is 52.3 Å². The van der Waals surface area contributed by atoms with Crippen LogP contribution in [0.15, 0.2) is 12.4 Å². The Morgan fingerprint density at radius 2 is 1.94 bits per heavy atom. The first-order valence-electron chi connectivity index (χ1n) is 6.48. The van der Waals surface area contributed by atoms with E-state index < -0.39 is 0 Å². The molecule has 1 rings (SSSR count). The van der Waals surface area contributed by atoms with Gasteiger partial charge in [-0.1, -0.05) is 34.6 Å². The van der Waals surface area contributed by atoms with Crippen LogP contribution in [0.4, 0.5) is 5.82 Å². The molecule has 0 aromatic carbocycles. The summed E-state index contributed by atoms with van der Waals surface area (Å²) in [7, 11) is 0. The summed E-state index contributed by atoms with van der Waals surface area (Å²) in [5.74, 6) is 1.27. The summed E-state index contributed by atoms with van der Waals surface area (Å²) in [5.41, 5.74) is 1.30. The second-order valence-electron chi connectivity index (χ2n) is 6.23. The molecule has 0 radical (unpaired) electrons. The summed E-state index contributed by atoms with van der Waals surface area (Å²) in [6, 6.07) is 1.99. The quantitative estimate of drug-likeness (QED) is 0.820. The molecule has 102 valence electrons. The molecule has 0 aliphatic heterocycles. The zero-order valence-electron chi connectivity index (χ0n) is 12.0. The highest BCUT2D eigenvalue weighted by Gasteiger charge is 2.16. The molecule has 1 heterocycles. The van der Waals surface area contributed by atoms with Crippen molar-refractivity contribution in [3.63, 3.8) is 0 Å². The minimum absolute atomic E-state index is 0.113. The lowest BCUT2D eigenvalue weighted by Crippen LogP contribution is -2.21. The van der Waals surface area contributed by atoms with Crippen molar-refractivity contribution in [2.75, 3.05) is 11.9 Å². The maximum Gasteiger partial charge on any atom is 0.129 e. The largest absolute Gasteiger partial charge is 0.368 e. The van der Waals surface area contributed by atoms with Crippen LogP contribution in [0.3, 0.4) is 0 Å². The number of alkyl halides is 1. The van der Waals surface area contributed by atoms with Crippen LogP contribution < -0.4 is 5.32 Å². The molecule has 0 spiro atoms. The lowest BCUT2D eigenvalue weighted by Gasteiger charge is -2.22. The van der Waals surface area contributed by atoms with Gasteiger partial charge in [0.05, 0.1) is 5.38 Å². The van der Waals surface area contributed by atoms with Crippen LogP contribution in [0, 0.1) is 5.41 Å². The van der Waals surface area contributed by atoms with E-state index in [-0.39, 0.29) is 10.8 Å². The van der Waals surface area contributed by atoms with Crippen molar-refractivity contribution in [3.05, 3.63) is 18.1 Å². The van der Waals surface area contributed by atoms with Gasteiger partial charge in [0.1, 0.15) is 12.1 Å². The molecule has 18 heavy (non-hydrogen) atoms. The van der Waals surface area contributed by atoms with Crippen molar-refractivity contribution in [1.82, 2.24) is 9.97 Å². The Hall–Kier alpha value is -0.830. The molecule has 1 N–H and O–H groups in total. The molecule has 1 aromatic heterocycles. The van der Waals surface area contributed by atoms with E-state index in [2.05, 4.69) is 49.9 Å². The number of nitrogens with one attached hydrogen (secondary N) is 1. The lowest BCUT2D eigenvalue weighted by atomic mass is 9.90. The molecule has 0 aliphatic carbocycles. The Morgan fingerprint density at radius 3 is 2.50 bits per heavy atom. The smallest absolute Gasteiger partial charge is 0.129 e. The molecule has 1 aromatic rings. The molecule has 3 nitrogen and oxygen atoms in total. The Kier molecular flexibility index (Phi) is 5.39.